The Balaban J connectivity index is -0.000000161. The van der Waals surface area contributed by atoms with Crippen LogP contribution in [0.2, 0.25) is 13.3 Å². The van der Waals surface area contributed by atoms with Crippen LogP contribution in [-0.4, -0.2) is 88.0 Å². The Morgan fingerprint density at radius 3 is 0.694 bits per heavy atom. The molecule has 8 nitrogen and oxygen atoms in total. The maximum atomic E-state index is 10.2. The fourth-order valence-electron chi connectivity index (χ4n) is 6.28. The Morgan fingerprint density at radius 1 is 0.323 bits per heavy atom. The van der Waals surface area contributed by atoms with Gasteiger partial charge in [-0.1, -0.05) is 117 Å². The zero-order valence-corrected chi connectivity index (χ0v) is 48.6. The molecule has 0 atom stereocenters. The molecule has 10 heteroatoms. The van der Waals surface area contributed by atoms with E-state index in [1.807, 2.05) is 0 Å². The molecule has 0 bridgehead atoms. The van der Waals surface area contributed by atoms with Crippen LogP contribution >= 0.6 is 0 Å². The van der Waals surface area contributed by atoms with Crippen LogP contribution in [-0.2, 0) is 19.2 Å². The van der Waals surface area contributed by atoms with E-state index in [1.165, 1.54) is 220 Å². The molecule has 0 saturated carbocycles. The molecule has 0 aliphatic rings. The summed E-state index contributed by atoms with van der Waals surface area (Å²) in [4.78, 5) is 38.4. The molecule has 0 saturated heterocycles. The summed E-state index contributed by atoms with van der Waals surface area (Å²) in [5, 5.41) is 31.7. The normalized spacial score (nSPS) is 9.94. The van der Waals surface area contributed by atoms with Crippen molar-refractivity contribution < 1.29 is 39.6 Å². The van der Waals surface area contributed by atoms with Crippen LogP contribution in [0.5, 0.6) is 0 Å². The number of hydrogen-bond acceptors (Lipinski definition) is 4. The predicted octanol–water partition coefficient (Wildman–Crippen LogP) is 17.1. The van der Waals surface area contributed by atoms with Crippen molar-refractivity contribution in [1.29, 1.82) is 0 Å². The third-order valence-corrected chi connectivity index (χ3v) is 15.2. The molecule has 0 aromatic carbocycles. The van der Waals surface area contributed by atoms with Gasteiger partial charge in [-0.2, -0.15) is 0 Å². The van der Waals surface area contributed by atoms with Crippen molar-refractivity contribution in [1.82, 2.24) is 0 Å². The van der Waals surface area contributed by atoms with Gasteiger partial charge >= 0.3 is 205 Å². The molecule has 0 fully saturated rings. The first-order valence-corrected chi connectivity index (χ1v) is 32.4. The molecule has 0 heterocycles. The second-order valence-electron chi connectivity index (χ2n) is 16.8. The van der Waals surface area contributed by atoms with Crippen LogP contribution in [0.4, 0.5) is 0 Å². The molecule has 4 N–H and O–H groups in total. The summed E-state index contributed by atoms with van der Waals surface area (Å²) in [6.45, 7) is 13.5. The van der Waals surface area contributed by atoms with Crippen molar-refractivity contribution in [3.05, 3.63) is 0 Å². The van der Waals surface area contributed by atoms with Crippen molar-refractivity contribution in [2.24, 2.45) is 0 Å². The Labute approximate surface area is 410 Å². The van der Waals surface area contributed by atoms with E-state index in [0.29, 0.717) is 12.8 Å². The third-order valence-electron chi connectivity index (χ3n) is 9.96. The molecule has 0 aliphatic carbocycles. The van der Waals surface area contributed by atoms with Crippen LogP contribution < -0.4 is 0 Å². The SMILES string of the molecule is CC(=O)O.CC(=O)O.CCCCCCCCCCCC(=O)O.CCCCCCCCCCCC(=O)O.CCCCCCC[CH2][SnH].CCCCCCC[CH2][Sn][CH2]CCCCCCC. The summed E-state index contributed by atoms with van der Waals surface area (Å²) in [6.07, 6.45) is 49.5. The molecule has 372 valence electrons. The monoisotopic (exact) mass is 1100 g/mol. The van der Waals surface area contributed by atoms with Gasteiger partial charge in [-0.3, -0.25) is 19.2 Å². The standard InChI is InChI=1S/2C12H24O2.3C8H17.2C2H4O2.2Sn.H/c2*1-2-3-4-5-6-7-8-9-10-11-12(13)14;3*1-3-5-7-8-6-4-2;2*1-2(3)4;;;/h2*2-11H2,1H3,(H,13,14);3*1,3-8H2,2H3;2*1H3,(H,3,4);;;. The van der Waals surface area contributed by atoms with Crippen molar-refractivity contribution in [3.8, 4) is 0 Å². The summed E-state index contributed by atoms with van der Waals surface area (Å²) in [5.41, 5.74) is 0. The van der Waals surface area contributed by atoms with Crippen molar-refractivity contribution in [2.75, 3.05) is 0 Å². The van der Waals surface area contributed by atoms with Crippen molar-refractivity contribution >= 4 is 67.5 Å². The molecule has 0 aromatic heterocycles. The molecule has 0 aromatic rings. The van der Waals surface area contributed by atoms with E-state index in [-0.39, 0.29) is 21.1 Å². The Kier molecular flexibility index (Phi) is 88.2. The minimum atomic E-state index is -0.833. The van der Waals surface area contributed by atoms with Gasteiger partial charge in [0.15, 0.2) is 0 Å². The van der Waals surface area contributed by atoms with E-state index in [2.05, 4.69) is 34.6 Å². The molecule has 0 amide bonds. The fraction of sp³-hybridized carbons (Fsp3) is 0.923. The number of carbonyl (C=O) groups is 4. The average molecular weight is 1100 g/mol. The molecule has 0 aliphatic heterocycles. The Hall–Kier alpha value is -0.523. The second-order valence-corrected chi connectivity index (χ2v) is 22.8. The number of hydrogen-bond donors (Lipinski definition) is 4. The van der Waals surface area contributed by atoms with E-state index in [1.54, 1.807) is 21.7 Å². The zero-order chi connectivity index (χ0) is 48.0. The number of carboxylic acid groups (broad SMARTS) is 4. The minimum absolute atomic E-state index is 0.0736. The van der Waals surface area contributed by atoms with Crippen molar-refractivity contribution in [2.45, 2.75) is 306 Å². The van der Waals surface area contributed by atoms with Crippen LogP contribution in [0.3, 0.4) is 0 Å². The molecule has 0 unspecified atom stereocenters. The predicted molar refractivity (Wildman–Crippen MR) is 273 cm³/mol. The Bertz CT molecular complexity index is 757. The number of rotatable bonds is 40. The van der Waals surface area contributed by atoms with Gasteiger partial charge in [-0.25, -0.2) is 0 Å². The molecular formula is C52H108O8Sn2. The van der Waals surface area contributed by atoms with E-state index >= 15 is 0 Å². The summed E-state index contributed by atoms with van der Waals surface area (Å²) in [6, 6.07) is 0. The molecule has 0 rings (SSSR count). The van der Waals surface area contributed by atoms with Gasteiger partial charge in [0.05, 0.1) is 0 Å². The van der Waals surface area contributed by atoms with Crippen molar-refractivity contribution in [3.63, 3.8) is 0 Å². The zero-order valence-electron chi connectivity index (χ0n) is 42.5. The van der Waals surface area contributed by atoms with E-state index in [9.17, 15) is 9.59 Å². The molecule has 62 heavy (non-hydrogen) atoms. The molecular weight excluding hydrogens is 990 g/mol. The number of aliphatic carboxylic acids is 4. The maximum absolute atomic E-state index is 10.2. The van der Waals surface area contributed by atoms with Gasteiger partial charge in [0.25, 0.3) is 11.9 Å². The Morgan fingerprint density at radius 2 is 0.500 bits per heavy atom. The summed E-state index contributed by atoms with van der Waals surface area (Å²) < 4.78 is 4.81. The topological polar surface area (TPSA) is 149 Å². The second kappa shape index (κ2) is 74.8. The van der Waals surface area contributed by atoms with Crippen LogP contribution in [0.15, 0.2) is 0 Å². The van der Waals surface area contributed by atoms with Crippen LogP contribution in [0.25, 0.3) is 0 Å². The van der Waals surface area contributed by atoms with Gasteiger partial charge in [-0.15, -0.1) is 0 Å². The summed E-state index contributed by atoms with van der Waals surface area (Å²) in [5.74, 6) is -2.99. The van der Waals surface area contributed by atoms with E-state index in [4.69, 9.17) is 30.0 Å². The summed E-state index contributed by atoms with van der Waals surface area (Å²) in [7, 11) is 0. The average Bonchev–Trinajstić information content (AvgIpc) is 3.21. The molecule has 0 spiro atoms. The van der Waals surface area contributed by atoms with Gasteiger partial charge in [-0.05, 0) is 12.8 Å². The first kappa shape index (κ1) is 73.1. The fourth-order valence-corrected chi connectivity index (χ4v) is 10.7. The third kappa shape index (κ3) is 118. The number of carboxylic acids is 4. The quantitative estimate of drug-likeness (QED) is 0.0350. The first-order chi connectivity index (χ1) is 29.8. The van der Waals surface area contributed by atoms with Gasteiger partial charge < -0.3 is 20.4 Å². The van der Waals surface area contributed by atoms with Crippen LogP contribution in [0.1, 0.15) is 292 Å². The number of unbranched alkanes of at least 4 members (excludes halogenated alkanes) is 31. The van der Waals surface area contributed by atoms with E-state index < -0.39 is 23.9 Å². The van der Waals surface area contributed by atoms with Crippen LogP contribution in [0, 0.1) is 0 Å². The van der Waals surface area contributed by atoms with Gasteiger partial charge in [0.1, 0.15) is 0 Å². The van der Waals surface area contributed by atoms with Gasteiger partial charge in [0.2, 0.25) is 0 Å². The first-order valence-electron chi connectivity index (χ1n) is 26.1. The summed E-state index contributed by atoms with van der Waals surface area (Å²) >= 11 is 1.54. The van der Waals surface area contributed by atoms with E-state index in [0.717, 1.165) is 39.5 Å². The van der Waals surface area contributed by atoms with Gasteiger partial charge in [0, 0.05) is 26.7 Å². The molecule has 4 radical (unpaired) electrons.